The van der Waals surface area contributed by atoms with Crippen LogP contribution in [0.5, 0.6) is 0 Å². The summed E-state index contributed by atoms with van der Waals surface area (Å²) in [5.41, 5.74) is 0. The molecule has 0 saturated heterocycles. The predicted octanol–water partition coefficient (Wildman–Crippen LogP) is 5.09. The highest BCUT2D eigenvalue weighted by Gasteiger charge is 2.12. The highest BCUT2D eigenvalue weighted by molar-refractivity contribution is 4.83. The van der Waals surface area contributed by atoms with Crippen LogP contribution in [0.15, 0.2) is 0 Å². The zero-order valence-corrected chi connectivity index (χ0v) is 11.1. The third-order valence-electron chi connectivity index (χ3n) is 3.66. The van der Waals surface area contributed by atoms with Crippen LogP contribution in [-0.2, 0) is 0 Å². The molecule has 85 valence electrons. The molecule has 0 nitrogen and oxygen atoms in total. The minimum Gasteiger partial charge on any atom is -0.0651 e. The molecule has 0 aromatic carbocycles. The highest BCUT2D eigenvalue weighted by Crippen LogP contribution is 2.25. The topological polar surface area (TPSA) is 0 Å². The number of hydrogen-bond acceptors (Lipinski definition) is 0. The van der Waals surface area contributed by atoms with E-state index >= 15 is 0 Å². The third-order valence-corrected chi connectivity index (χ3v) is 3.66. The van der Waals surface area contributed by atoms with Gasteiger partial charge in [-0.05, 0) is 23.7 Å². The number of rotatable bonds is 7. The molecule has 0 aliphatic rings. The quantitative estimate of drug-likeness (QED) is 0.533. The van der Waals surface area contributed by atoms with Crippen LogP contribution in [0.3, 0.4) is 0 Å². The van der Waals surface area contributed by atoms with Crippen LogP contribution in [0.1, 0.15) is 67.2 Å². The Hall–Kier alpha value is 0. The smallest absolute Gasteiger partial charge is 0.0275 e. The second-order valence-electron chi connectivity index (χ2n) is 5.32. The summed E-state index contributed by atoms with van der Waals surface area (Å²) >= 11 is 0. The fourth-order valence-electron chi connectivity index (χ4n) is 1.98. The van der Waals surface area contributed by atoms with E-state index in [0.717, 1.165) is 17.8 Å². The van der Waals surface area contributed by atoms with Gasteiger partial charge in [0.15, 0.2) is 0 Å². The Bertz CT molecular complexity index is 124. The lowest BCUT2D eigenvalue weighted by molar-refractivity contribution is 0.328. The maximum Gasteiger partial charge on any atom is -0.0275 e. The van der Waals surface area contributed by atoms with Crippen molar-refractivity contribution in [3.8, 4) is 0 Å². The van der Waals surface area contributed by atoms with Gasteiger partial charge in [0.05, 0.1) is 0 Å². The first-order chi connectivity index (χ1) is 6.49. The van der Waals surface area contributed by atoms with Crippen LogP contribution in [-0.4, -0.2) is 0 Å². The van der Waals surface area contributed by atoms with Crippen molar-refractivity contribution < 1.29 is 0 Å². The second-order valence-corrected chi connectivity index (χ2v) is 5.32. The van der Waals surface area contributed by atoms with Crippen molar-refractivity contribution in [3.63, 3.8) is 0 Å². The van der Waals surface area contributed by atoms with Gasteiger partial charge in [0.2, 0.25) is 0 Å². The molecule has 0 aliphatic heterocycles. The summed E-state index contributed by atoms with van der Waals surface area (Å²) in [5, 5.41) is 0. The van der Waals surface area contributed by atoms with Crippen molar-refractivity contribution in [3.05, 3.63) is 5.92 Å². The van der Waals surface area contributed by atoms with Crippen LogP contribution in [0.4, 0.5) is 0 Å². The lowest BCUT2D eigenvalue weighted by Crippen LogP contribution is -2.09. The summed E-state index contributed by atoms with van der Waals surface area (Å²) in [5.74, 6) is 4.21. The predicted molar refractivity (Wildman–Crippen MR) is 66.2 cm³/mol. The summed E-state index contributed by atoms with van der Waals surface area (Å²) in [6, 6.07) is 0. The lowest BCUT2D eigenvalue weighted by Gasteiger charge is -2.20. The summed E-state index contributed by atoms with van der Waals surface area (Å²) in [6.45, 7) is 13.9. The van der Waals surface area contributed by atoms with Crippen LogP contribution in [0.2, 0.25) is 0 Å². The first-order valence-electron chi connectivity index (χ1n) is 6.29. The van der Waals surface area contributed by atoms with E-state index in [-0.39, 0.29) is 0 Å². The van der Waals surface area contributed by atoms with E-state index in [1.807, 2.05) is 0 Å². The van der Waals surface area contributed by atoms with E-state index in [2.05, 4.69) is 41.5 Å². The standard InChI is InChI=1S/C14H29/c1-7-14(12(4)5)10-8-9-13(6)11(2)3/h12-14H,7-10H2,1-6H3. The van der Waals surface area contributed by atoms with Crippen molar-refractivity contribution in [1.82, 2.24) is 0 Å². The molecule has 0 N–H and O–H groups in total. The second kappa shape index (κ2) is 7.31. The Kier molecular flexibility index (Phi) is 7.31. The van der Waals surface area contributed by atoms with Crippen LogP contribution in [0.25, 0.3) is 0 Å². The Labute approximate surface area is 91.5 Å². The fraction of sp³-hybridized carbons (Fsp3) is 0.929. The lowest BCUT2D eigenvalue weighted by atomic mass is 9.85. The molecule has 0 aromatic rings. The molecular formula is C14H29. The van der Waals surface area contributed by atoms with Crippen LogP contribution < -0.4 is 0 Å². The van der Waals surface area contributed by atoms with Crippen molar-refractivity contribution >= 4 is 0 Å². The zero-order chi connectivity index (χ0) is 11.1. The van der Waals surface area contributed by atoms with Crippen LogP contribution in [0, 0.1) is 23.7 Å². The molecule has 0 heterocycles. The highest BCUT2D eigenvalue weighted by atomic mass is 14.2. The monoisotopic (exact) mass is 197 g/mol. The maximum atomic E-state index is 2.36. The van der Waals surface area contributed by atoms with Gasteiger partial charge in [0, 0.05) is 0 Å². The average Bonchev–Trinajstić information content (AvgIpc) is 2.11. The first-order valence-corrected chi connectivity index (χ1v) is 6.29. The molecule has 0 aromatic heterocycles. The molecule has 0 saturated carbocycles. The molecule has 0 aliphatic carbocycles. The average molecular weight is 197 g/mol. The van der Waals surface area contributed by atoms with E-state index in [9.17, 15) is 0 Å². The van der Waals surface area contributed by atoms with Gasteiger partial charge in [0.25, 0.3) is 0 Å². The molecule has 0 bridgehead atoms. The molecule has 0 fully saturated rings. The third kappa shape index (κ3) is 5.67. The van der Waals surface area contributed by atoms with E-state index in [1.54, 1.807) is 5.92 Å². The van der Waals surface area contributed by atoms with Gasteiger partial charge < -0.3 is 0 Å². The molecular weight excluding hydrogens is 168 g/mol. The Morgan fingerprint density at radius 2 is 1.57 bits per heavy atom. The minimum atomic E-state index is 0.819. The van der Waals surface area contributed by atoms with Crippen molar-refractivity contribution in [1.29, 1.82) is 0 Å². The molecule has 0 spiro atoms. The Morgan fingerprint density at radius 3 is 1.93 bits per heavy atom. The minimum absolute atomic E-state index is 0.819. The molecule has 14 heavy (non-hydrogen) atoms. The molecule has 0 heteroatoms. The van der Waals surface area contributed by atoms with Gasteiger partial charge in [-0.2, -0.15) is 0 Å². The summed E-state index contributed by atoms with van der Waals surface area (Å²) < 4.78 is 0. The summed E-state index contributed by atoms with van der Waals surface area (Å²) in [7, 11) is 0. The van der Waals surface area contributed by atoms with Gasteiger partial charge in [-0.1, -0.05) is 67.2 Å². The van der Waals surface area contributed by atoms with Gasteiger partial charge in [-0.3, -0.25) is 0 Å². The van der Waals surface area contributed by atoms with Gasteiger partial charge in [0.1, 0.15) is 0 Å². The Balaban J connectivity index is 3.61. The largest absolute Gasteiger partial charge is 0.0651 e. The van der Waals surface area contributed by atoms with Gasteiger partial charge in [-0.25, -0.2) is 0 Å². The first kappa shape index (κ1) is 14.0. The molecule has 2 unspecified atom stereocenters. The van der Waals surface area contributed by atoms with E-state index in [1.165, 1.54) is 25.7 Å². The summed E-state index contributed by atoms with van der Waals surface area (Å²) in [4.78, 5) is 0. The zero-order valence-electron chi connectivity index (χ0n) is 11.1. The normalized spacial score (nSPS) is 16.3. The Morgan fingerprint density at radius 1 is 1.00 bits per heavy atom. The fourth-order valence-corrected chi connectivity index (χ4v) is 1.98. The SMILES string of the molecule is CCC(CCCC(C)[C](C)C)C(C)C. The van der Waals surface area contributed by atoms with Crippen LogP contribution >= 0.6 is 0 Å². The van der Waals surface area contributed by atoms with Gasteiger partial charge in [-0.15, -0.1) is 0 Å². The van der Waals surface area contributed by atoms with Crippen molar-refractivity contribution in [2.24, 2.45) is 17.8 Å². The van der Waals surface area contributed by atoms with E-state index < -0.39 is 0 Å². The molecule has 2 atom stereocenters. The van der Waals surface area contributed by atoms with Crippen molar-refractivity contribution in [2.45, 2.75) is 67.2 Å². The summed E-state index contributed by atoms with van der Waals surface area (Å²) in [6.07, 6.45) is 5.56. The number of hydrogen-bond donors (Lipinski definition) is 0. The maximum absolute atomic E-state index is 2.36. The molecule has 0 rings (SSSR count). The van der Waals surface area contributed by atoms with Crippen molar-refractivity contribution in [2.75, 3.05) is 0 Å². The van der Waals surface area contributed by atoms with Gasteiger partial charge >= 0.3 is 0 Å². The van der Waals surface area contributed by atoms with E-state index in [0.29, 0.717) is 0 Å². The molecule has 0 amide bonds. The molecule has 1 radical (unpaired) electrons. The van der Waals surface area contributed by atoms with E-state index in [4.69, 9.17) is 0 Å².